The van der Waals surface area contributed by atoms with Crippen LogP contribution in [0.2, 0.25) is 0 Å². The Bertz CT molecular complexity index is 467. The molecule has 1 N–H and O–H groups in total. The summed E-state index contributed by atoms with van der Waals surface area (Å²) in [5.41, 5.74) is 0. The van der Waals surface area contributed by atoms with E-state index in [9.17, 15) is 4.79 Å². The van der Waals surface area contributed by atoms with Crippen molar-refractivity contribution in [3.05, 3.63) is 16.9 Å². The topological polar surface area (TPSA) is 50.2 Å². The molecular formula is C13H19BrN4O. The normalized spacial score (nSPS) is 31.2. The molecule has 1 aromatic rings. The minimum absolute atomic E-state index is 0.0642. The third-order valence-electron chi connectivity index (χ3n) is 4.33. The number of fused-ring (bicyclic) bond motifs is 3. The molecule has 3 fully saturated rings. The maximum atomic E-state index is 12.3. The number of carbonyl (C=O) groups is 1. The van der Waals surface area contributed by atoms with E-state index >= 15 is 0 Å². The lowest BCUT2D eigenvalue weighted by Gasteiger charge is -2.45. The summed E-state index contributed by atoms with van der Waals surface area (Å²) in [5.74, 6) is 0.722. The monoisotopic (exact) mass is 326 g/mol. The van der Waals surface area contributed by atoms with Crippen LogP contribution in [0.4, 0.5) is 0 Å². The second-order valence-electron chi connectivity index (χ2n) is 5.57. The molecule has 4 heterocycles. The van der Waals surface area contributed by atoms with E-state index in [1.54, 1.807) is 10.9 Å². The predicted octanol–water partition coefficient (Wildman–Crippen LogP) is 1.42. The average Bonchev–Trinajstić information content (AvgIpc) is 2.86. The summed E-state index contributed by atoms with van der Waals surface area (Å²) in [5, 5.41) is 7.38. The summed E-state index contributed by atoms with van der Waals surface area (Å²) < 4.78 is 2.59. The lowest BCUT2D eigenvalue weighted by atomic mass is 9.84. The van der Waals surface area contributed by atoms with Gasteiger partial charge in [-0.05, 0) is 54.7 Å². The van der Waals surface area contributed by atoms with Gasteiger partial charge in [0, 0.05) is 18.8 Å². The highest BCUT2D eigenvalue weighted by Crippen LogP contribution is 2.27. The summed E-state index contributed by atoms with van der Waals surface area (Å²) in [6.45, 7) is 5.28. The van der Waals surface area contributed by atoms with E-state index in [1.807, 2.05) is 13.1 Å². The number of nitrogens with one attached hydrogen (secondary N) is 1. The number of nitrogens with zero attached hydrogens (tertiary/aromatic N) is 3. The molecule has 0 saturated carbocycles. The molecule has 0 aliphatic carbocycles. The highest BCUT2D eigenvalue weighted by molar-refractivity contribution is 9.10. The van der Waals surface area contributed by atoms with Crippen molar-refractivity contribution in [3.8, 4) is 0 Å². The van der Waals surface area contributed by atoms with Crippen molar-refractivity contribution >= 4 is 21.8 Å². The molecule has 1 aromatic heterocycles. The van der Waals surface area contributed by atoms with Crippen molar-refractivity contribution in [1.29, 1.82) is 0 Å². The molecule has 5 nitrogen and oxygen atoms in total. The number of piperidine rings is 3. The van der Waals surface area contributed by atoms with Crippen LogP contribution in [0, 0.1) is 5.92 Å². The fourth-order valence-corrected chi connectivity index (χ4v) is 3.38. The third kappa shape index (κ3) is 2.69. The van der Waals surface area contributed by atoms with Gasteiger partial charge in [0.25, 0.3) is 0 Å². The Labute approximate surface area is 121 Å². The van der Waals surface area contributed by atoms with Gasteiger partial charge in [0.1, 0.15) is 6.04 Å². The molecule has 2 atom stereocenters. The predicted molar refractivity (Wildman–Crippen MR) is 75.7 cm³/mol. The number of aromatic nitrogens is 2. The summed E-state index contributed by atoms with van der Waals surface area (Å²) in [6.07, 6.45) is 5.97. The molecule has 2 unspecified atom stereocenters. The molecule has 0 aromatic carbocycles. The molecule has 19 heavy (non-hydrogen) atoms. The van der Waals surface area contributed by atoms with Gasteiger partial charge in [-0.2, -0.15) is 5.10 Å². The molecule has 3 aliphatic heterocycles. The Balaban J connectivity index is 1.62. The molecule has 0 radical (unpaired) electrons. The van der Waals surface area contributed by atoms with Gasteiger partial charge in [0.05, 0.1) is 10.7 Å². The van der Waals surface area contributed by atoms with Crippen LogP contribution in [0.5, 0.6) is 0 Å². The van der Waals surface area contributed by atoms with Crippen LogP contribution in [0.15, 0.2) is 16.9 Å². The molecule has 4 rings (SSSR count). The Kier molecular flexibility index (Phi) is 3.62. The fraction of sp³-hybridized carbons (Fsp3) is 0.692. The Morgan fingerprint density at radius 3 is 2.79 bits per heavy atom. The van der Waals surface area contributed by atoms with Gasteiger partial charge in [-0.15, -0.1) is 0 Å². The minimum atomic E-state index is -0.262. The van der Waals surface area contributed by atoms with E-state index in [-0.39, 0.29) is 11.9 Å². The van der Waals surface area contributed by atoms with Crippen LogP contribution >= 0.6 is 15.9 Å². The molecule has 3 aliphatic rings. The van der Waals surface area contributed by atoms with E-state index in [0.717, 1.165) is 11.0 Å². The van der Waals surface area contributed by atoms with E-state index in [2.05, 4.69) is 31.2 Å². The maximum Gasteiger partial charge on any atom is 0.244 e. The second kappa shape index (κ2) is 5.25. The number of hydrogen-bond donors (Lipinski definition) is 1. The smallest absolute Gasteiger partial charge is 0.244 e. The van der Waals surface area contributed by atoms with E-state index in [4.69, 9.17) is 0 Å². The van der Waals surface area contributed by atoms with Crippen LogP contribution in [-0.4, -0.2) is 46.3 Å². The van der Waals surface area contributed by atoms with Gasteiger partial charge >= 0.3 is 0 Å². The first-order chi connectivity index (χ1) is 9.13. The Morgan fingerprint density at radius 2 is 2.26 bits per heavy atom. The SMILES string of the molecule is CC(C(=O)NC1CN2CCC1CC2)n1cc(Br)cn1. The first kappa shape index (κ1) is 13.1. The first-order valence-corrected chi connectivity index (χ1v) is 7.65. The molecule has 2 bridgehead atoms. The van der Waals surface area contributed by atoms with Crippen molar-refractivity contribution in [3.63, 3.8) is 0 Å². The van der Waals surface area contributed by atoms with E-state index in [1.165, 1.54) is 25.9 Å². The van der Waals surface area contributed by atoms with Crippen LogP contribution in [0.1, 0.15) is 25.8 Å². The Morgan fingerprint density at radius 1 is 1.53 bits per heavy atom. The molecule has 104 valence electrons. The number of amides is 1. The summed E-state index contributed by atoms with van der Waals surface area (Å²) in [6, 6.07) is 0.0539. The molecular weight excluding hydrogens is 308 g/mol. The average molecular weight is 327 g/mol. The van der Waals surface area contributed by atoms with Crippen molar-refractivity contribution in [2.24, 2.45) is 5.92 Å². The van der Waals surface area contributed by atoms with Gasteiger partial charge < -0.3 is 10.2 Å². The van der Waals surface area contributed by atoms with E-state index < -0.39 is 0 Å². The molecule has 0 spiro atoms. The van der Waals surface area contributed by atoms with Crippen LogP contribution in [0.3, 0.4) is 0 Å². The van der Waals surface area contributed by atoms with Gasteiger partial charge in [-0.1, -0.05) is 0 Å². The van der Waals surface area contributed by atoms with Crippen molar-refractivity contribution in [1.82, 2.24) is 20.0 Å². The quantitative estimate of drug-likeness (QED) is 0.913. The lowest BCUT2D eigenvalue weighted by Crippen LogP contribution is -2.57. The summed E-state index contributed by atoms with van der Waals surface area (Å²) in [7, 11) is 0. The van der Waals surface area contributed by atoms with Gasteiger partial charge in [-0.3, -0.25) is 9.48 Å². The standard InChI is InChI=1S/C13H19BrN4O/c1-9(18-7-11(14)6-15-18)13(19)16-12-8-17-4-2-10(12)3-5-17/h6-7,9-10,12H,2-5,8H2,1H3,(H,16,19). The zero-order valence-electron chi connectivity index (χ0n) is 11.1. The van der Waals surface area contributed by atoms with Crippen LogP contribution < -0.4 is 5.32 Å². The number of carbonyl (C=O) groups excluding carboxylic acids is 1. The molecule has 3 saturated heterocycles. The van der Waals surface area contributed by atoms with Gasteiger partial charge in [-0.25, -0.2) is 0 Å². The number of rotatable bonds is 3. The number of halogens is 1. The second-order valence-corrected chi connectivity index (χ2v) is 6.48. The largest absolute Gasteiger partial charge is 0.350 e. The van der Waals surface area contributed by atoms with Gasteiger partial charge in [0.15, 0.2) is 0 Å². The molecule has 1 amide bonds. The number of hydrogen-bond acceptors (Lipinski definition) is 3. The minimum Gasteiger partial charge on any atom is -0.350 e. The van der Waals surface area contributed by atoms with Crippen molar-refractivity contribution < 1.29 is 4.79 Å². The zero-order valence-corrected chi connectivity index (χ0v) is 12.6. The Hall–Kier alpha value is -0.880. The van der Waals surface area contributed by atoms with Crippen molar-refractivity contribution in [2.75, 3.05) is 19.6 Å². The zero-order chi connectivity index (χ0) is 13.4. The van der Waals surface area contributed by atoms with Crippen LogP contribution in [-0.2, 0) is 4.79 Å². The van der Waals surface area contributed by atoms with Crippen LogP contribution in [0.25, 0.3) is 0 Å². The highest BCUT2D eigenvalue weighted by Gasteiger charge is 2.35. The summed E-state index contributed by atoms with van der Waals surface area (Å²) in [4.78, 5) is 14.7. The fourth-order valence-electron chi connectivity index (χ4n) is 3.08. The highest BCUT2D eigenvalue weighted by atomic mass is 79.9. The lowest BCUT2D eigenvalue weighted by molar-refractivity contribution is -0.126. The van der Waals surface area contributed by atoms with Crippen molar-refractivity contribution in [2.45, 2.75) is 31.8 Å². The summed E-state index contributed by atoms with van der Waals surface area (Å²) >= 11 is 3.35. The third-order valence-corrected chi connectivity index (χ3v) is 4.74. The maximum absolute atomic E-state index is 12.3. The van der Waals surface area contributed by atoms with Gasteiger partial charge in [0.2, 0.25) is 5.91 Å². The van der Waals surface area contributed by atoms with E-state index in [0.29, 0.717) is 12.0 Å². The molecule has 6 heteroatoms. The first-order valence-electron chi connectivity index (χ1n) is 6.86.